The van der Waals surface area contributed by atoms with Crippen LogP contribution in [0.2, 0.25) is 0 Å². The number of hydrogen-bond acceptors (Lipinski definition) is 3. The van der Waals surface area contributed by atoms with Crippen LogP contribution in [-0.4, -0.2) is 26.4 Å². The van der Waals surface area contributed by atoms with Gasteiger partial charge in [0.1, 0.15) is 11.5 Å². The minimum absolute atomic E-state index is 0.199. The normalized spacial score (nSPS) is 10.8. The first kappa shape index (κ1) is 19.3. The molecule has 0 fully saturated rings. The predicted molar refractivity (Wildman–Crippen MR) is 109 cm³/mol. The smallest absolute Gasteiger partial charge is 0.335 e. The van der Waals surface area contributed by atoms with Crippen molar-refractivity contribution >= 4 is 17.5 Å². The molecular weight excluding hydrogens is 385 g/mol. The molecule has 0 saturated carbocycles. The van der Waals surface area contributed by atoms with E-state index in [2.05, 4.69) is 10.3 Å². The van der Waals surface area contributed by atoms with Crippen LogP contribution in [0.15, 0.2) is 73.1 Å². The lowest BCUT2D eigenvalue weighted by Crippen LogP contribution is -2.23. The number of carboxylic acids is 1. The van der Waals surface area contributed by atoms with Gasteiger partial charge in [-0.1, -0.05) is 24.3 Å². The Bertz CT molecular complexity index is 1230. The minimum atomic E-state index is -0.990. The number of imidazole rings is 1. The van der Waals surface area contributed by atoms with Crippen LogP contribution < -0.4 is 5.32 Å². The zero-order chi connectivity index (χ0) is 21.1. The fourth-order valence-corrected chi connectivity index (χ4v) is 3.17. The van der Waals surface area contributed by atoms with E-state index in [-0.39, 0.29) is 23.8 Å². The van der Waals surface area contributed by atoms with Gasteiger partial charge >= 0.3 is 5.97 Å². The largest absolute Gasteiger partial charge is 0.478 e. The zero-order valence-corrected chi connectivity index (χ0v) is 15.9. The molecule has 0 aliphatic rings. The second-order valence-electron chi connectivity index (χ2n) is 6.91. The average molecular weight is 403 g/mol. The van der Waals surface area contributed by atoms with Crippen molar-refractivity contribution in [2.45, 2.75) is 13.0 Å². The Kier molecular flexibility index (Phi) is 5.26. The quantitative estimate of drug-likeness (QED) is 0.514. The van der Waals surface area contributed by atoms with Gasteiger partial charge in [0.15, 0.2) is 0 Å². The maximum atomic E-state index is 13.4. The summed E-state index contributed by atoms with van der Waals surface area (Å²) in [5.41, 5.74) is 3.77. The van der Waals surface area contributed by atoms with Crippen LogP contribution in [0.4, 0.5) is 4.39 Å². The summed E-state index contributed by atoms with van der Waals surface area (Å²) < 4.78 is 15.1. The second-order valence-corrected chi connectivity index (χ2v) is 6.91. The van der Waals surface area contributed by atoms with Crippen molar-refractivity contribution in [3.05, 3.63) is 107 Å². The number of fused-ring (bicyclic) bond motifs is 1. The number of amides is 1. The first-order valence-electron chi connectivity index (χ1n) is 9.30. The number of nitrogens with one attached hydrogen (secondary N) is 1. The van der Waals surface area contributed by atoms with Crippen molar-refractivity contribution in [1.82, 2.24) is 14.7 Å². The molecule has 0 unspecified atom stereocenters. The minimum Gasteiger partial charge on any atom is -0.478 e. The van der Waals surface area contributed by atoms with Gasteiger partial charge in [0.2, 0.25) is 0 Å². The molecule has 30 heavy (non-hydrogen) atoms. The molecule has 2 N–H and O–H groups in total. The summed E-state index contributed by atoms with van der Waals surface area (Å²) >= 11 is 0. The summed E-state index contributed by atoms with van der Waals surface area (Å²) in [6.07, 6.45) is 4.01. The number of pyridine rings is 1. The number of benzene rings is 2. The van der Waals surface area contributed by atoms with Crippen molar-refractivity contribution in [2.24, 2.45) is 0 Å². The topological polar surface area (TPSA) is 83.7 Å². The number of hydrogen-bond donors (Lipinski definition) is 2. The first-order valence-corrected chi connectivity index (χ1v) is 9.30. The van der Waals surface area contributed by atoms with Gasteiger partial charge in [-0.15, -0.1) is 0 Å². The molecule has 0 radical (unpaired) electrons. The zero-order valence-electron chi connectivity index (χ0n) is 15.9. The fraction of sp³-hybridized carbons (Fsp3) is 0.0870. The van der Waals surface area contributed by atoms with Gasteiger partial charge in [-0.2, -0.15) is 0 Å². The molecule has 150 valence electrons. The van der Waals surface area contributed by atoms with E-state index in [1.165, 1.54) is 24.3 Å². The number of carboxylic acid groups (broad SMARTS) is 1. The Labute approximate surface area is 171 Å². The van der Waals surface area contributed by atoms with E-state index in [0.717, 1.165) is 16.8 Å². The van der Waals surface area contributed by atoms with Crippen LogP contribution in [0, 0.1) is 5.82 Å². The lowest BCUT2D eigenvalue weighted by atomic mass is 10.1. The highest BCUT2D eigenvalue weighted by Gasteiger charge is 2.10. The van der Waals surface area contributed by atoms with Crippen LogP contribution in [0.5, 0.6) is 0 Å². The molecule has 2 heterocycles. The van der Waals surface area contributed by atoms with Crippen LogP contribution >= 0.6 is 0 Å². The summed E-state index contributed by atoms with van der Waals surface area (Å²) in [4.78, 5) is 27.9. The molecule has 7 heteroatoms. The number of aromatic carboxylic acids is 1. The Morgan fingerprint density at radius 2 is 1.73 bits per heavy atom. The standard InChI is InChI=1S/C23H18FN3O3/c24-19-3-1-2-16(10-19)11-20-14-27-13-18(8-9-21(27)26-20)22(28)25-12-15-4-6-17(7-5-15)23(29)30/h1-10,13-14H,11-12H2,(H,25,28)(H,29,30). The average Bonchev–Trinajstić information content (AvgIpc) is 3.13. The van der Waals surface area contributed by atoms with E-state index in [1.54, 1.807) is 40.9 Å². The number of halogens is 1. The van der Waals surface area contributed by atoms with Crippen molar-refractivity contribution in [3.63, 3.8) is 0 Å². The summed E-state index contributed by atoms with van der Waals surface area (Å²) in [6.45, 7) is 0.283. The summed E-state index contributed by atoms with van der Waals surface area (Å²) in [6, 6.07) is 16.2. The Hall–Kier alpha value is -4.00. The van der Waals surface area contributed by atoms with E-state index in [0.29, 0.717) is 17.6 Å². The summed E-state index contributed by atoms with van der Waals surface area (Å²) in [7, 11) is 0. The van der Waals surface area contributed by atoms with Gasteiger partial charge in [0, 0.05) is 25.4 Å². The monoisotopic (exact) mass is 403 g/mol. The molecule has 1 amide bonds. The molecule has 0 spiro atoms. The van der Waals surface area contributed by atoms with Gasteiger partial charge in [-0.25, -0.2) is 14.2 Å². The number of carbonyl (C=O) groups excluding carboxylic acids is 1. The van der Waals surface area contributed by atoms with Crippen molar-refractivity contribution < 1.29 is 19.1 Å². The van der Waals surface area contributed by atoms with Crippen LogP contribution in [0.3, 0.4) is 0 Å². The highest BCUT2D eigenvalue weighted by Crippen LogP contribution is 2.13. The molecule has 0 bridgehead atoms. The van der Waals surface area contributed by atoms with Crippen molar-refractivity contribution in [2.75, 3.05) is 0 Å². The van der Waals surface area contributed by atoms with Crippen molar-refractivity contribution in [1.29, 1.82) is 0 Å². The molecule has 2 aromatic heterocycles. The fourth-order valence-electron chi connectivity index (χ4n) is 3.17. The molecule has 0 aliphatic carbocycles. The van der Waals surface area contributed by atoms with Crippen LogP contribution in [-0.2, 0) is 13.0 Å². The molecule has 4 aromatic rings. The van der Waals surface area contributed by atoms with Gasteiger partial charge < -0.3 is 14.8 Å². The molecular formula is C23H18FN3O3. The van der Waals surface area contributed by atoms with E-state index in [1.807, 2.05) is 12.3 Å². The second kappa shape index (κ2) is 8.16. The summed E-state index contributed by atoms with van der Waals surface area (Å²) in [5.74, 6) is -1.52. The number of nitrogens with zero attached hydrogens (tertiary/aromatic N) is 2. The first-order chi connectivity index (χ1) is 14.5. The Morgan fingerprint density at radius 1 is 0.967 bits per heavy atom. The van der Waals surface area contributed by atoms with E-state index < -0.39 is 5.97 Å². The third-order valence-electron chi connectivity index (χ3n) is 4.69. The lowest BCUT2D eigenvalue weighted by molar-refractivity contribution is 0.0696. The molecule has 4 rings (SSSR count). The predicted octanol–water partition coefficient (Wildman–Crippen LogP) is 3.69. The van der Waals surface area contributed by atoms with E-state index in [9.17, 15) is 14.0 Å². The number of carbonyl (C=O) groups is 2. The SMILES string of the molecule is O=C(O)c1ccc(CNC(=O)c2ccc3nc(Cc4cccc(F)c4)cn3c2)cc1. The van der Waals surface area contributed by atoms with Gasteiger partial charge in [-0.05, 0) is 47.5 Å². The number of rotatable bonds is 6. The van der Waals surface area contributed by atoms with E-state index in [4.69, 9.17) is 5.11 Å². The third kappa shape index (κ3) is 4.35. The Balaban J connectivity index is 1.44. The summed E-state index contributed by atoms with van der Waals surface area (Å²) in [5, 5.41) is 11.8. The number of aromatic nitrogens is 2. The molecule has 0 saturated heterocycles. The van der Waals surface area contributed by atoms with Crippen molar-refractivity contribution in [3.8, 4) is 0 Å². The van der Waals surface area contributed by atoms with Crippen LogP contribution in [0.1, 0.15) is 37.5 Å². The van der Waals surface area contributed by atoms with Gasteiger partial charge in [-0.3, -0.25) is 4.79 Å². The highest BCUT2D eigenvalue weighted by molar-refractivity contribution is 5.94. The Morgan fingerprint density at radius 3 is 2.47 bits per heavy atom. The molecule has 0 aliphatic heterocycles. The maximum absolute atomic E-state index is 13.4. The lowest BCUT2D eigenvalue weighted by Gasteiger charge is -2.06. The third-order valence-corrected chi connectivity index (χ3v) is 4.69. The van der Waals surface area contributed by atoms with Crippen LogP contribution in [0.25, 0.3) is 5.65 Å². The van der Waals surface area contributed by atoms with Gasteiger partial charge in [0.25, 0.3) is 5.91 Å². The molecule has 2 aromatic carbocycles. The van der Waals surface area contributed by atoms with Gasteiger partial charge in [0.05, 0.1) is 16.8 Å². The van der Waals surface area contributed by atoms with E-state index >= 15 is 0 Å². The highest BCUT2D eigenvalue weighted by atomic mass is 19.1. The molecule has 6 nitrogen and oxygen atoms in total. The molecule has 0 atom stereocenters. The maximum Gasteiger partial charge on any atom is 0.335 e.